The van der Waals surface area contributed by atoms with Crippen molar-refractivity contribution >= 4 is 44.0 Å². The van der Waals surface area contributed by atoms with Crippen LogP contribution in [-0.4, -0.2) is 122 Å². The smallest absolute Gasteiger partial charge is 0.413 e. The number of aliphatic hydroxyl groups excluding tert-OH is 3. The Labute approximate surface area is 248 Å². The Kier molecular flexibility index (Phi) is 10.6. The Morgan fingerprint density at radius 1 is 1.00 bits per heavy atom. The quantitative estimate of drug-likeness (QED) is 0.107. The summed E-state index contributed by atoms with van der Waals surface area (Å²) >= 11 is 0. The molecule has 1 aromatic carbocycles. The Hall–Kier alpha value is -3.55. The third-order valence-electron chi connectivity index (χ3n) is 7.21. The fourth-order valence-corrected chi connectivity index (χ4v) is 6.58. The number of primary amides is 1. The molecule has 1 aromatic rings. The lowest BCUT2D eigenvalue weighted by atomic mass is 9.53. The molecule has 1 amide bonds. The van der Waals surface area contributed by atoms with E-state index in [0.717, 1.165) is 0 Å². The molecule has 3 aliphatic carbocycles. The van der Waals surface area contributed by atoms with Gasteiger partial charge in [-0.3, -0.25) is 28.4 Å². The lowest BCUT2D eigenvalue weighted by molar-refractivity contribution is -0.181. The fraction of sp³-hybridized carbons (Fsp3) is 0.409. The molecule has 0 unspecified atom stereocenters. The highest BCUT2D eigenvalue weighted by atomic mass is 32.3. The number of ketones is 2. The summed E-state index contributed by atoms with van der Waals surface area (Å²) in [5.74, 6) is -9.67. The molecule has 0 heterocycles. The summed E-state index contributed by atoms with van der Waals surface area (Å²) < 4.78 is 55.6. The van der Waals surface area contributed by atoms with Gasteiger partial charge in [0, 0.05) is 0 Å². The number of aromatic hydroxyl groups is 1. The average Bonchev–Trinajstić information content (AvgIpc) is 2.79. The van der Waals surface area contributed by atoms with Crippen molar-refractivity contribution in [1.29, 1.82) is 0 Å². The Morgan fingerprint density at radius 3 is 1.91 bits per heavy atom. The first-order chi connectivity index (χ1) is 18.9. The summed E-state index contributed by atoms with van der Waals surface area (Å²) in [6, 6.07) is 2.50. The minimum Gasteiger partial charge on any atom is -0.508 e. The number of phenols is 1. The third kappa shape index (κ3) is 6.04. The van der Waals surface area contributed by atoms with Crippen molar-refractivity contribution in [2.75, 3.05) is 14.1 Å². The second-order valence-electron chi connectivity index (χ2n) is 9.98. The summed E-state index contributed by atoms with van der Waals surface area (Å²) in [6.07, 6.45) is -1.87. The van der Waals surface area contributed by atoms with Gasteiger partial charge in [-0.25, -0.2) is 0 Å². The third-order valence-corrected chi connectivity index (χ3v) is 8.58. The number of fused-ring (bicyclic) bond motifs is 3. The molecule has 44 heavy (non-hydrogen) atoms. The summed E-state index contributed by atoms with van der Waals surface area (Å²) in [5.41, 5.74) is -1.78. The van der Waals surface area contributed by atoms with Crippen molar-refractivity contribution in [3.8, 4) is 5.75 Å². The molecule has 4 rings (SSSR count). The number of carbonyl (C=O) groups is 3. The van der Waals surface area contributed by atoms with Gasteiger partial charge in [0.05, 0.1) is 40.7 Å². The number of hydrogen-bond donors (Lipinski definition) is 9. The number of aliphatic hydroxyl groups is 5. The standard InChI is InChI=1S/C22H24N2O9.H2O7S2.2H2O/c1-21(32)7-5-4-6-8(25)9(7)15(26)10-12(21)17(28)13-14(24(2)3)16(27)11(20(23)31)19(30)22(13,33)18(10)29;1-8(2,3)7-9(4,5)6;;/h4-6,12-14,17,25-26,28,30,32-33H,1-3H3,(H2,23,31);(H,1,2,3)(H,4,5,6);2*1H2/t12-,13-,14+,17+,21-,22+;;;/m1.../s1. The van der Waals surface area contributed by atoms with Gasteiger partial charge in [0.2, 0.25) is 5.78 Å². The maximum atomic E-state index is 13.7. The number of benzene rings is 1. The lowest BCUT2D eigenvalue weighted by Crippen LogP contribution is -2.71. The van der Waals surface area contributed by atoms with Gasteiger partial charge in [0.25, 0.3) is 5.91 Å². The second kappa shape index (κ2) is 12.1. The van der Waals surface area contributed by atoms with E-state index in [2.05, 4.69) is 3.63 Å². The number of amides is 1. The van der Waals surface area contributed by atoms with Crippen molar-refractivity contribution in [3.05, 3.63) is 46.2 Å². The monoisotopic (exact) mass is 674 g/mol. The van der Waals surface area contributed by atoms with Gasteiger partial charge < -0.3 is 47.3 Å². The van der Waals surface area contributed by atoms with Gasteiger partial charge in [-0.2, -0.15) is 16.8 Å². The Balaban J connectivity index is 0.000000770. The topological polar surface area (TPSA) is 383 Å². The van der Waals surface area contributed by atoms with Crippen LogP contribution in [0.5, 0.6) is 5.75 Å². The minimum atomic E-state index is -5.12. The summed E-state index contributed by atoms with van der Waals surface area (Å²) in [6.45, 7) is 1.25. The van der Waals surface area contributed by atoms with Crippen molar-refractivity contribution in [3.63, 3.8) is 0 Å². The molecule has 0 saturated heterocycles. The van der Waals surface area contributed by atoms with Gasteiger partial charge >= 0.3 is 20.8 Å². The van der Waals surface area contributed by atoms with Gasteiger partial charge in [-0.15, -0.1) is 3.63 Å². The molecule has 3 aliphatic rings. The summed E-state index contributed by atoms with van der Waals surface area (Å²) in [7, 11) is -7.44. The van der Waals surface area contributed by atoms with Crippen LogP contribution in [0.15, 0.2) is 35.1 Å². The SMILES string of the molecule is CN(C)[C@@H]1C(=O)C(C(N)=O)=C(O)[C@@]2(O)C(=O)C3=C(O)c4c(O)cccc4[C@@](C)(O)[C@H]3[C@H](O)[C@@H]12.O.O.O=S(=O)(O)OS(=O)(=O)O. The van der Waals surface area contributed by atoms with E-state index in [1.54, 1.807) is 0 Å². The van der Waals surface area contributed by atoms with E-state index in [-0.39, 0.29) is 22.1 Å². The first-order valence-electron chi connectivity index (χ1n) is 11.4. The number of nitrogens with zero attached hydrogens (tertiary/aromatic N) is 1. The first-order valence-corrected chi connectivity index (χ1v) is 14.2. The normalized spacial score (nSPS) is 29.8. The molecule has 248 valence electrons. The van der Waals surface area contributed by atoms with E-state index < -0.39 is 102 Å². The van der Waals surface area contributed by atoms with E-state index in [9.17, 15) is 61.9 Å². The number of hydrogen-bond acceptors (Lipinski definition) is 15. The number of nitrogens with two attached hydrogens (primary N) is 1. The molecule has 22 heteroatoms. The van der Waals surface area contributed by atoms with Crippen LogP contribution < -0.4 is 5.73 Å². The van der Waals surface area contributed by atoms with E-state index in [4.69, 9.17) is 14.8 Å². The van der Waals surface area contributed by atoms with Gasteiger partial charge in [0.15, 0.2) is 11.4 Å². The molecule has 0 aliphatic heterocycles. The van der Waals surface area contributed by atoms with E-state index in [0.29, 0.717) is 0 Å². The summed E-state index contributed by atoms with van der Waals surface area (Å²) in [4.78, 5) is 39.9. The van der Waals surface area contributed by atoms with Crippen LogP contribution in [0.3, 0.4) is 0 Å². The number of rotatable bonds is 4. The fourth-order valence-electron chi connectivity index (χ4n) is 5.71. The van der Waals surface area contributed by atoms with Crippen LogP contribution >= 0.6 is 0 Å². The minimum absolute atomic E-state index is 0. The zero-order valence-corrected chi connectivity index (χ0v) is 24.4. The molecule has 14 N–H and O–H groups in total. The molecule has 1 fully saturated rings. The predicted octanol–water partition coefficient (Wildman–Crippen LogP) is -4.44. The molecule has 0 spiro atoms. The van der Waals surface area contributed by atoms with Crippen LogP contribution in [0.4, 0.5) is 0 Å². The molecule has 6 atom stereocenters. The van der Waals surface area contributed by atoms with Crippen LogP contribution in [0.1, 0.15) is 18.1 Å². The van der Waals surface area contributed by atoms with Crippen LogP contribution in [0, 0.1) is 11.8 Å². The molecular weight excluding hydrogens is 644 g/mol. The molecule has 0 radical (unpaired) electrons. The van der Waals surface area contributed by atoms with Crippen molar-refractivity contribution in [2.24, 2.45) is 17.6 Å². The lowest BCUT2D eigenvalue weighted by Gasteiger charge is -2.55. The van der Waals surface area contributed by atoms with Crippen LogP contribution in [0.25, 0.3) is 5.76 Å². The molecule has 0 aromatic heterocycles. The van der Waals surface area contributed by atoms with E-state index in [1.165, 1.54) is 44.1 Å². The highest BCUT2D eigenvalue weighted by Gasteiger charge is 2.70. The van der Waals surface area contributed by atoms with Gasteiger partial charge in [0.1, 0.15) is 22.8 Å². The Bertz CT molecular complexity index is 1630. The van der Waals surface area contributed by atoms with Gasteiger partial charge in [-0.1, -0.05) is 12.1 Å². The molecular formula is C22H30N2O18S2. The largest absolute Gasteiger partial charge is 0.508 e. The zero-order chi connectivity index (χ0) is 32.5. The average molecular weight is 675 g/mol. The predicted molar refractivity (Wildman–Crippen MR) is 143 cm³/mol. The maximum Gasteiger partial charge on any atom is 0.413 e. The number of phenolic OH excluding ortho intramolecular Hbond substituents is 1. The van der Waals surface area contributed by atoms with Gasteiger partial charge in [-0.05, 0) is 32.6 Å². The van der Waals surface area contributed by atoms with E-state index >= 15 is 0 Å². The van der Waals surface area contributed by atoms with Crippen molar-refractivity contribution < 1.29 is 85.5 Å². The highest BCUT2D eigenvalue weighted by molar-refractivity contribution is 7.94. The highest BCUT2D eigenvalue weighted by Crippen LogP contribution is 2.57. The number of Topliss-reactive ketones (excluding diaryl/α,β-unsaturated/α-hetero) is 2. The van der Waals surface area contributed by atoms with Crippen molar-refractivity contribution in [1.82, 2.24) is 4.90 Å². The van der Waals surface area contributed by atoms with Crippen LogP contribution in [0.2, 0.25) is 0 Å². The number of carbonyl (C=O) groups excluding carboxylic acids is 3. The van der Waals surface area contributed by atoms with Crippen molar-refractivity contribution in [2.45, 2.75) is 30.3 Å². The molecule has 20 nitrogen and oxygen atoms in total. The molecule has 1 saturated carbocycles. The second-order valence-corrected chi connectivity index (χ2v) is 12.2. The zero-order valence-electron chi connectivity index (χ0n) is 22.7. The number of likely N-dealkylation sites (N-methyl/N-ethyl adjacent to an activating group) is 1. The van der Waals surface area contributed by atoms with Crippen LogP contribution in [-0.2, 0) is 44.4 Å². The molecule has 0 bridgehead atoms. The maximum absolute atomic E-state index is 13.7. The first kappa shape index (κ1) is 38.5. The van der Waals surface area contributed by atoms with E-state index in [1.807, 2.05) is 0 Å². The summed E-state index contributed by atoms with van der Waals surface area (Å²) in [5, 5.41) is 66.3. The Morgan fingerprint density at radius 2 is 1.50 bits per heavy atom.